The lowest BCUT2D eigenvalue weighted by molar-refractivity contribution is -0.130. The fourth-order valence-electron chi connectivity index (χ4n) is 4.42. The Kier molecular flexibility index (Phi) is 7.04. The van der Waals surface area contributed by atoms with Crippen molar-refractivity contribution in [3.63, 3.8) is 0 Å². The monoisotopic (exact) mass is 410 g/mol. The Balaban J connectivity index is 1.62. The number of carbonyl (C=O) groups is 2. The van der Waals surface area contributed by atoms with Crippen molar-refractivity contribution >= 4 is 35.0 Å². The van der Waals surface area contributed by atoms with Gasteiger partial charge < -0.3 is 10.2 Å². The molecule has 148 valence electrons. The van der Waals surface area contributed by atoms with E-state index in [0.717, 1.165) is 44.3 Å². The minimum Gasteiger partial charge on any atom is -0.349 e. The fourth-order valence-corrected chi connectivity index (χ4v) is 4.72. The van der Waals surface area contributed by atoms with Crippen molar-refractivity contribution in [2.45, 2.75) is 57.9 Å². The lowest BCUT2D eigenvalue weighted by atomic mass is 9.90. The van der Waals surface area contributed by atoms with Crippen molar-refractivity contribution in [3.8, 4) is 0 Å². The molecule has 1 saturated carbocycles. The van der Waals surface area contributed by atoms with E-state index in [4.69, 9.17) is 23.2 Å². The first-order valence-electron chi connectivity index (χ1n) is 9.94. The lowest BCUT2D eigenvalue weighted by Gasteiger charge is -2.32. The molecule has 6 heteroatoms. The molecule has 1 heterocycles. The van der Waals surface area contributed by atoms with E-state index in [1.807, 2.05) is 23.1 Å². The zero-order valence-electron chi connectivity index (χ0n) is 15.8. The molecule has 0 bridgehead atoms. The molecular formula is C21H28Cl2N2O2. The van der Waals surface area contributed by atoms with Crippen LogP contribution in [0, 0.1) is 11.8 Å². The Morgan fingerprint density at radius 3 is 2.37 bits per heavy atom. The van der Waals surface area contributed by atoms with E-state index < -0.39 is 0 Å². The first kappa shape index (κ1) is 20.5. The largest absolute Gasteiger partial charge is 0.349 e. The van der Waals surface area contributed by atoms with Crippen LogP contribution in [0.15, 0.2) is 18.2 Å². The molecule has 2 amide bonds. The summed E-state index contributed by atoms with van der Waals surface area (Å²) in [6, 6.07) is 5.67. The van der Waals surface area contributed by atoms with Gasteiger partial charge >= 0.3 is 0 Å². The molecule has 0 radical (unpaired) electrons. The maximum Gasteiger partial charge on any atom is 0.220 e. The molecule has 1 aromatic rings. The van der Waals surface area contributed by atoms with Crippen molar-refractivity contribution in [3.05, 3.63) is 33.8 Å². The van der Waals surface area contributed by atoms with Gasteiger partial charge in [0, 0.05) is 26.4 Å². The number of benzene rings is 1. The van der Waals surface area contributed by atoms with Crippen LogP contribution < -0.4 is 5.32 Å². The van der Waals surface area contributed by atoms with Crippen LogP contribution in [-0.2, 0) is 9.59 Å². The van der Waals surface area contributed by atoms with Crippen molar-refractivity contribution in [1.29, 1.82) is 0 Å². The standard InChI is InChI=1S/C21H28Cl2N2O2/c1-14(26)25-10-8-15(9-11-25)12-20(27)24-21(16-4-2-3-5-16)17-6-7-18(22)19(23)13-17/h6-7,13,15-16,21H,2-5,8-12H2,1H3,(H,24,27)/t21-/m1/s1. The highest BCUT2D eigenvalue weighted by molar-refractivity contribution is 6.42. The number of nitrogens with zero attached hydrogens (tertiary/aromatic N) is 1. The van der Waals surface area contributed by atoms with Crippen LogP contribution in [0.1, 0.15) is 63.5 Å². The van der Waals surface area contributed by atoms with Gasteiger partial charge in [-0.25, -0.2) is 0 Å². The van der Waals surface area contributed by atoms with Crippen LogP contribution in [0.2, 0.25) is 10.0 Å². The predicted molar refractivity (Wildman–Crippen MR) is 109 cm³/mol. The Hall–Kier alpha value is -1.26. The number of piperidine rings is 1. The summed E-state index contributed by atoms with van der Waals surface area (Å²) in [5, 5.41) is 4.35. The Labute approximate surface area is 171 Å². The number of amides is 2. The minimum atomic E-state index is -0.00734. The average Bonchev–Trinajstić information content (AvgIpc) is 3.17. The van der Waals surface area contributed by atoms with Gasteiger partial charge in [-0.15, -0.1) is 0 Å². The van der Waals surface area contributed by atoms with Gasteiger partial charge in [0.1, 0.15) is 0 Å². The van der Waals surface area contributed by atoms with E-state index in [1.165, 1.54) is 12.8 Å². The Bertz CT molecular complexity index is 681. The van der Waals surface area contributed by atoms with Gasteiger partial charge in [-0.2, -0.15) is 0 Å². The lowest BCUT2D eigenvalue weighted by Crippen LogP contribution is -2.39. The third-order valence-corrected chi connectivity index (χ3v) is 6.76. The van der Waals surface area contributed by atoms with E-state index in [9.17, 15) is 9.59 Å². The summed E-state index contributed by atoms with van der Waals surface area (Å²) >= 11 is 12.3. The van der Waals surface area contributed by atoms with Crippen molar-refractivity contribution in [1.82, 2.24) is 10.2 Å². The molecule has 2 fully saturated rings. The molecule has 4 nitrogen and oxygen atoms in total. The smallest absolute Gasteiger partial charge is 0.220 e. The van der Waals surface area contributed by atoms with Crippen molar-refractivity contribution < 1.29 is 9.59 Å². The normalized spacial score (nSPS) is 19.9. The zero-order chi connectivity index (χ0) is 19.4. The van der Waals surface area contributed by atoms with Gasteiger partial charge in [-0.05, 0) is 55.2 Å². The fraction of sp³-hybridized carbons (Fsp3) is 0.619. The van der Waals surface area contributed by atoms with Gasteiger partial charge in [-0.3, -0.25) is 9.59 Å². The quantitative estimate of drug-likeness (QED) is 0.742. The van der Waals surface area contributed by atoms with Crippen LogP contribution in [-0.4, -0.2) is 29.8 Å². The second-order valence-electron chi connectivity index (χ2n) is 7.92. The number of carbonyl (C=O) groups excluding carboxylic acids is 2. The van der Waals surface area contributed by atoms with E-state index in [2.05, 4.69) is 5.32 Å². The predicted octanol–water partition coefficient (Wildman–Crippen LogP) is 4.99. The molecule has 1 atom stereocenters. The van der Waals surface area contributed by atoms with Crippen LogP contribution in [0.25, 0.3) is 0 Å². The van der Waals surface area contributed by atoms with Gasteiger partial charge in [-0.1, -0.05) is 42.1 Å². The Morgan fingerprint density at radius 2 is 1.78 bits per heavy atom. The molecule has 2 aliphatic rings. The molecule has 1 aromatic carbocycles. The molecule has 0 spiro atoms. The first-order valence-corrected chi connectivity index (χ1v) is 10.7. The number of rotatable bonds is 5. The summed E-state index contributed by atoms with van der Waals surface area (Å²) in [5.74, 6) is 1.02. The highest BCUT2D eigenvalue weighted by atomic mass is 35.5. The van der Waals surface area contributed by atoms with Crippen LogP contribution >= 0.6 is 23.2 Å². The summed E-state index contributed by atoms with van der Waals surface area (Å²) in [6.07, 6.45) is 6.99. The average molecular weight is 411 g/mol. The minimum absolute atomic E-state index is 0.00734. The molecule has 1 aliphatic heterocycles. The van der Waals surface area contributed by atoms with E-state index in [0.29, 0.717) is 28.3 Å². The maximum atomic E-state index is 12.8. The number of halogens is 2. The van der Waals surface area contributed by atoms with E-state index in [-0.39, 0.29) is 17.9 Å². The van der Waals surface area contributed by atoms with E-state index >= 15 is 0 Å². The second-order valence-corrected chi connectivity index (χ2v) is 8.73. The van der Waals surface area contributed by atoms with Crippen LogP contribution in [0.3, 0.4) is 0 Å². The highest BCUT2D eigenvalue weighted by Gasteiger charge is 2.29. The molecule has 3 rings (SSSR count). The summed E-state index contributed by atoms with van der Waals surface area (Å²) in [5.41, 5.74) is 1.04. The second kappa shape index (κ2) is 9.29. The summed E-state index contributed by atoms with van der Waals surface area (Å²) in [4.78, 5) is 26.1. The molecule has 27 heavy (non-hydrogen) atoms. The van der Waals surface area contributed by atoms with Crippen molar-refractivity contribution in [2.75, 3.05) is 13.1 Å². The number of hydrogen-bond acceptors (Lipinski definition) is 2. The molecule has 1 N–H and O–H groups in total. The SMILES string of the molecule is CC(=O)N1CCC(CC(=O)N[C@@H](c2ccc(Cl)c(Cl)c2)C2CCCC2)CC1. The molecule has 1 saturated heterocycles. The zero-order valence-corrected chi connectivity index (χ0v) is 17.4. The van der Waals surface area contributed by atoms with Gasteiger partial charge in [0.15, 0.2) is 0 Å². The van der Waals surface area contributed by atoms with Gasteiger partial charge in [0.05, 0.1) is 16.1 Å². The van der Waals surface area contributed by atoms with Crippen molar-refractivity contribution in [2.24, 2.45) is 11.8 Å². The maximum absolute atomic E-state index is 12.8. The van der Waals surface area contributed by atoms with Gasteiger partial charge in [0.2, 0.25) is 11.8 Å². The van der Waals surface area contributed by atoms with Crippen LogP contribution in [0.5, 0.6) is 0 Å². The highest BCUT2D eigenvalue weighted by Crippen LogP contribution is 2.37. The third-order valence-electron chi connectivity index (χ3n) is 6.02. The van der Waals surface area contributed by atoms with Gasteiger partial charge in [0.25, 0.3) is 0 Å². The summed E-state index contributed by atoms with van der Waals surface area (Å²) in [7, 11) is 0. The molecular weight excluding hydrogens is 383 g/mol. The molecule has 0 aromatic heterocycles. The molecule has 1 aliphatic carbocycles. The number of hydrogen-bond donors (Lipinski definition) is 1. The molecule has 0 unspecified atom stereocenters. The first-order chi connectivity index (χ1) is 12.9. The number of likely N-dealkylation sites (tertiary alicyclic amines) is 1. The summed E-state index contributed by atoms with van der Waals surface area (Å²) < 4.78 is 0. The summed E-state index contributed by atoms with van der Waals surface area (Å²) in [6.45, 7) is 3.12. The number of nitrogens with one attached hydrogen (secondary N) is 1. The van der Waals surface area contributed by atoms with Crippen LogP contribution in [0.4, 0.5) is 0 Å². The third kappa shape index (κ3) is 5.39. The topological polar surface area (TPSA) is 49.4 Å². The Morgan fingerprint density at radius 1 is 1.11 bits per heavy atom. The van der Waals surface area contributed by atoms with E-state index in [1.54, 1.807) is 6.92 Å².